The molecule has 0 amide bonds. The third kappa shape index (κ3) is 14.3. The molecule has 25 rings (SSSR count). The van der Waals surface area contributed by atoms with Gasteiger partial charge < -0.3 is 0 Å². The molecule has 0 atom stereocenters. The van der Waals surface area contributed by atoms with E-state index in [-0.39, 0.29) is 0 Å². The van der Waals surface area contributed by atoms with Crippen molar-refractivity contribution in [2.45, 2.75) is 0 Å². The van der Waals surface area contributed by atoms with Crippen LogP contribution in [0.25, 0.3) is 230 Å². The van der Waals surface area contributed by atoms with Gasteiger partial charge in [0, 0.05) is 153 Å². The molecule has 0 saturated heterocycles. The van der Waals surface area contributed by atoms with E-state index in [1.54, 1.807) is 36.1 Å². The smallest absolute Gasteiger partial charge is 0.161 e. The summed E-state index contributed by atoms with van der Waals surface area (Å²) in [5.74, 6) is 1.47. The minimum Gasteiger partial charge on any atom is -0.265 e. The number of rotatable bonds is 9. The van der Waals surface area contributed by atoms with E-state index >= 15 is 0 Å². The van der Waals surface area contributed by atoms with Crippen molar-refractivity contribution in [1.82, 2.24) is 64.8 Å². The first-order valence-corrected chi connectivity index (χ1v) is 42.1. The molecule has 25 aromatic rings. The van der Waals surface area contributed by atoms with Crippen LogP contribution in [-0.4, -0.2) is 64.8 Å². The van der Waals surface area contributed by atoms with Gasteiger partial charge in [0.1, 0.15) is 0 Å². The molecule has 584 valence electrons. The molecule has 14 heteroatoms. The van der Waals surface area contributed by atoms with E-state index in [1.165, 1.54) is 15.5 Å². The largest absolute Gasteiger partial charge is 0.265 e. The molecule has 0 fully saturated rings. The zero-order chi connectivity index (χ0) is 82.9. The Hall–Kier alpha value is -16.8. The molecule has 0 radical (unpaired) electrons. The summed E-state index contributed by atoms with van der Waals surface area (Å²) in [7, 11) is 0. The fourth-order valence-electron chi connectivity index (χ4n) is 17.0. The Bertz CT molecular complexity index is 8380. The van der Waals surface area contributed by atoms with Gasteiger partial charge in [0.15, 0.2) is 11.6 Å². The van der Waals surface area contributed by atoms with Gasteiger partial charge in [0.2, 0.25) is 0 Å². The van der Waals surface area contributed by atoms with Gasteiger partial charge in [-0.15, -0.1) is 11.3 Å². The topological polar surface area (TPSA) is 168 Å². The quantitative estimate of drug-likeness (QED) is 0.125. The number of hydrogen-bond donors (Lipinski definition) is 0. The summed E-state index contributed by atoms with van der Waals surface area (Å²) >= 11 is 1.76. The molecule has 0 bridgehead atoms. The summed E-state index contributed by atoms with van der Waals surface area (Å²) in [4.78, 5) is 62.2. The standard InChI is InChI=1S/C29H17N3S.C28H18N4.2C27H17N3/c1-2-8-18(9-3-1)26-28-27(23-11-4-5-14-24(23)33-28)32-29(31-26)22-13-6-12-21-20(22)16-15-19-10-7-17-30-25(19)21;1-4-23(24-7-6-21-3-2-12-31-28(21)25(24)5-1)22-17-26(19-8-13-29-14-9-19)32-27(18-22)20-10-15-30-16-11-20;1-2-8-18(9-3-1)26-27(30-24-14-5-4-13-23(24)29-26)22-12-6-11-21-20(22)16-15-19-10-7-17-28-25(19)21;1-2-8-18(9-3-1)26-23-11-4-5-14-24(23)29-27(30-26)22-13-6-12-21-20(22)16-15-19-10-7-17-28-25(19)21/h1-17H;1-18H;2*1-17H. The van der Waals surface area contributed by atoms with Gasteiger partial charge in [-0.1, -0.05) is 285 Å². The van der Waals surface area contributed by atoms with Crippen molar-refractivity contribution in [1.29, 1.82) is 0 Å². The Balaban J connectivity index is 0.0000000989. The second kappa shape index (κ2) is 32.7. The maximum Gasteiger partial charge on any atom is 0.161 e. The van der Waals surface area contributed by atoms with E-state index in [0.717, 1.165) is 215 Å². The third-order valence-corrected chi connectivity index (χ3v) is 24.0. The molecule has 0 N–H and O–H groups in total. The minimum atomic E-state index is 0.730. The van der Waals surface area contributed by atoms with Crippen LogP contribution in [0.2, 0.25) is 0 Å². The number of benzene rings is 14. The first kappa shape index (κ1) is 74.5. The van der Waals surface area contributed by atoms with Crippen LogP contribution < -0.4 is 0 Å². The molecule has 0 saturated carbocycles. The van der Waals surface area contributed by atoms with Gasteiger partial charge in [-0.2, -0.15) is 0 Å². The summed E-state index contributed by atoms with van der Waals surface area (Å²) in [6.07, 6.45) is 14.6. The van der Waals surface area contributed by atoms with Crippen molar-refractivity contribution >= 4 is 140 Å². The molecule has 0 aliphatic heterocycles. The average molecular weight is 1620 g/mol. The Morgan fingerprint density at radius 2 is 0.560 bits per heavy atom. The Labute approximate surface area is 721 Å². The molecule has 0 spiro atoms. The molecule has 0 aliphatic carbocycles. The SMILES string of the molecule is c1ccc(-c2nc(-c3cccc4c3ccc3cccnc34)nc3c2sc2ccccc23)cc1.c1ccc(-c2nc(-c3cccc4c3ccc3cccnc34)nc3ccccc23)cc1.c1ccc(-c2nc3ccccc3nc2-c2cccc3c2ccc2cccnc23)cc1.c1cnc2c(c1)ccc1c(-c3cc(-c4ccncc4)nc(-c4ccncc4)c3)cccc12. The lowest BCUT2D eigenvalue weighted by Crippen LogP contribution is -1.96. The van der Waals surface area contributed by atoms with Crippen molar-refractivity contribution < 1.29 is 0 Å². The molecule has 11 heterocycles. The molecule has 0 unspecified atom stereocenters. The van der Waals surface area contributed by atoms with Crippen LogP contribution in [0.15, 0.2) is 420 Å². The number of thiophene rings is 1. The Kier molecular flexibility index (Phi) is 19.5. The van der Waals surface area contributed by atoms with Gasteiger partial charge in [0.05, 0.1) is 83.0 Å². The lowest BCUT2D eigenvalue weighted by atomic mass is 9.95. The Morgan fingerprint density at radius 1 is 0.184 bits per heavy atom. The normalized spacial score (nSPS) is 11.4. The second-order valence-electron chi connectivity index (χ2n) is 30.4. The van der Waals surface area contributed by atoms with Gasteiger partial charge >= 0.3 is 0 Å². The predicted molar refractivity (Wildman–Crippen MR) is 514 cm³/mol. The van der Waals surface area contributed by atoms with Crippen LogP contribution in [0.3, 0.4) is 0 Å². The molecular weight excluding hydrogens is 1550 g/mol. The lowest BCUT2D eigenvalue weighted by molar-refractivity contribution is 1.23. The molecule has 11 aromatic heterocycles. The van der Waals surface area contributed by atoms with Crippen LogP contribution in [0, 0.1) is 0 Å². The number of para-hydroxylation sites is 3. The monoisotopic (exact) mass is 1620 g/mol. The lowest BCUT2D eigenvalue weighted by Gasteiger charge is -2.13. The highest BCUT2D eigenvalue weighted by atomic mass is 32.1. The Morgan fingerprint density at radius 3 is 1.06 bits per heavy atom. The zero-order valence-corrected chi connectivity index (χ0v) is 67.9. The number of fused-ring (bicyclic) bond motifs is 17. The fraction of sp³-hybridized carbons (Fsp3) is 0. The number of nitrogens with zero attached hydrogens (tertiary/aromatic N) is 13. The second-order valence-corrected chi connectivity index (χ2v) is 31.4. The number of aromatic nitrogens is 13. The van der Waals surface area contributed by atoms with Crippen molar-refractivity contribution in [3.63, 3.8) is 0 Å². The van der Waals surface area contributed by atoms with Crippen molar-refractivity contribution in [2.75, 3.05) is 0 Å². The molecule has 125 heavy (non-hydrogen) atoms. The minimum absolute atomic E-state index is 0.730. The number of hydrogen-bond acceptors (Lipinski definition) is 14. The third-order valence-electron chi connectivity index (χ3n) is 22.9. The van der Waals surface area contributed by atoms with Crippen molar-refractivity contribution in [3.8, 4) is 101 Å². The number of pyridine rings is 7. The highest BCUT2D eigenvalue weighted by Crippen LogP contribution is 2.44. The van der Waals surface area contributed by atoms with Crippen molar-refractivity contribution in [3.05, 3.63) is 420 Å². The van der Waals surface area contributed by atoms with Crippen LogP contribution in [0.5, 0.6) is 0 Å². The maximum atomic E-state index is 5.15. The zero-order valence-electron chi connectivity index (χ0n) is 67.1. The van der Waals surface area contributed by atoms with E-state index in [0.29, 0.717) is 0 Å². The predicted octanol–water partition coefficient (Wildman–Crippen LogP) is 27.8. The van der Waals surface area contributed by atoms with E-state index in [1.807, 2.05) is 152 Å². The molecule has 13 nitrogen and oxygen atoms in total. The molecule has 0 aliphatic rings. The van der Waals surface area contributed by atoms with Crippen LogP contribution in [0.4, 0.5) is 0 Å². The van der Waals surface area contributed by atoms with E-state index < -0.39 is 0 Å². The van der Waals surface area contributed by atoms with E-state index in [4.69, 9.17) is 34.9 Å². The first-order chi connectivity index (χ1) is 62.0. The van der Waals surface area contributed by atoms with Crippen LogP contribution in [-0.2, 0) is 0 Å². The van der Waals surface area contributed by atoms with Crippen LogP contribution >= 0.6 is 11.3 Å². The fourth-order valence-corrected chi connectivity index (χ4v) is 18.1. The van der Waals surface area contributed by atoms with E-state index in [9.17, 15) is 0 Å². The summed E-state index contributed by atoms with van der Waals surface area (Å²) < 4.78 is 2.35. The maximum absolute atomic E-state index is 5.15. The highest BCUT2D eigenvalue weighted by molar-refractivity contribution is 7.26. The van der Waals surface area contributed by atoms with Gasteiger partial charge in [0.25, 0.3) is 0 Å². The summed E-state index contributed by atoms with van der Waals surface area (Å²) in [5.41, 5.74) is 24.0. The molecule has 14 aromatic carbocycles. The summed E-state index contributed by atoms with van der Waals surface area (Å²) in [5, 5.41) is 15.8. The summed E-state index contributed by atoms with van der Waals surface area (Å²) in [6, 6.07) is 127. The van der Waals surface area contributed by atoms with Gasteiger partial charge in [-0.3, -0.25) is 29.9 Å². The van der Waals surface area contributed by atoms with Crippen molar-refractivity contribution in [2.24, 2.45) is 0 Å². The highest BCUT2D eigenvalue weighted by Gasteiger charge is 2.22. The summed E-state index contributed by atoms with van der Waals surface area (Å²) in [6.45, 7) is 0. The van der Waals surface area contributed by atoms with Gasteiger partial charge in [-0.25, -0.2) is 34.9 Å². The first-order valence-electron chi connectivity index (χ1n) is 41.3. The van der Waals surface area contributed by atoms with Crippen LogP contribution in [0.1, 0.15) is 0 Å². The van der Waals surface area contributed by atoms with Gasteiger partial charge in [-0.05, 0) is 118 Å². The van der Waals surface area contributed by atoms with E-state index in [2.05, 4.69) is 273 Å². The average Bonchev–Trinajstić information content (AvgIpc) is 1.65. The molecular formula is C111H69N13S.